The van der Waals surface area contributed by atoms with E-state index in [1.807, 2.05) is 6.92 Å². The maximum absolute atomic E-state index is 12.5. The molecule has 0 aromatic heterocycles. The third-order valence-electron chi connectivity index (χ3n) is 3.67. The summed E-state index contributed by atoms with van der Waals surface area (Å²) in [7, 11) is 0. The van der Waals surface area contributed by atoms with E-state index in [0.29, 0.717) is 19.4 Å². The number of likely N-dealkylation sites (N-methyl/N-ethyl adjacent to an activating group) is 1. The molecule has 110 valence electrons. The number of aliphatic hydroxyl groups is 1. The number of carboxylic acid groups (broad SMARTS) is 1. The summed E-state index contributed by atoms with van der Waals surface area (Å²) in [5.41, 5.74) is -0.959. The lowest BCUT2D eigenvalue weighted by Gasteiger charge is -2.34. The van der Waals surface area contributed by atoms with Crippen LogP contribution >= 0.6 is 0 Å². The van der Waals surface area contributed by atoms with Crippen LogP contribution in [0.3, 0.4) is 0 Å². The number of carboxylic acids is 1. The molecular weight excluding hydrogens is 246 g/mol. The number of hydrogen-bond donors (Lipinski definition) is 2. The van der Waals surface area contributed by atoms with Crippen LogP contribution in [0.25, 0.3) is 0 Å². The fourth-order valence-corrected chi connectivity index (χ4v) is 2.77. The molecule has 5 nitrogen and oxygen atoms in total. The molecule has 1 rings (SSSR count). The summed E-state index contributed by atoms with van der Waals surface area (Å²) in [6.07, 6.45) is 2.99. The third kappa shape index (κ3) is 4.49. The van der Waals surface area contributed by atoms with Crippen LogP contribution in [-0.2, 0) is 9.59 Å². The van der Waals surface area contributed by atoms with Crippen molar-refractivity contribution in [1.82, 2.24) is 4.90 Å². The van der Waals surface area contributed by atoms with Gasteiger partial charge in [-0.15, -0.1) is 0 Å². The molecule has 2 unspecified atom stereocenters. The van der Waals surface area contributed by atoms with Gasteiger partial charge in [-0.1, -0.05) is 12.8 Å². The van der Waals surface area contributed by atoms with Crippen molar-refractivity contribution in [3.05, 3.63) is 0 Å². The van der Waals surface area contributed by atoms with E-state index >= 15 is 0 Å². The maximum Gasteiger partial charge on any atom is 0.307 e. The molecule has 5 heteroatoms. The van der Waals surface area contributed by atoms with Crippen LogP contribution in [-0.4, -0.2) is 45.7 Å². The smallest absolute Gasteiger partial charge is 0.307 e. The molecule has 0 spiro atoms. The number of nitrogens with zero attached hydrogens (tertiary/aromatic N) is 1. The van der Waals surface area contributed by atoms with E-state index in [4.69, 9.17) is 0 Å². The van der Waals surface area contributed by atoms with E-state index in [-0.39, 0.29) is 12.5 Å². The van der Waals surface area contributed by atoms with Gasteiger partial charge in [-0.2, -0.15) is 0 Å². The van der Waals surface area contributed by atoms with Crippen LogP contribution in [0, 0.1) is 11.8 Å². The summed E-state index contributed by atoms with van der Waals surface area (Å²) in [5, 5.41) is 19.1. The molecule has 1 fully saturated rings. The van der Waals surface area contributed by atoms with Crippen LogP contribution in [0.2, 0.25) is 0 Å². The largest absolute Gasteiger partial charge is 0.481 e. The summed E-state index contributed by atoms with van der Waals surface area (Å²) in [6, 6.07) is 0. The third-order valence-corrected chi connectivity index (χ3v) is 3.67. The van der Waals surface area contributed by atoms with Crippen molar-refractivity contribution in [3.8, 4) is 0 Å². The number of hydrogen-bond acceptors (Lipinski definition) is 3. The normalized spacial score (nSPS) is 24.0. The summed E-state index contributed by atoms with van der Waals surface area (Å²) in [6.45, 7) is 5.88. The first kappa shape index (κ1) is 16.0. The Hall–Kier alpha value is -1.10. The number of carbonyl (C=O) groups is 2. The van der Waals surface area contributed by atoms with Crippen LogP contribution in [0.1, 0.15) is 46.5 Å². The molecule has 0 aromatic carbocycles. The van der Waals surface area contributed by atoms with E-state index in [9.17, 15) is 19.8 Å². The summed E-state index contributed by atoms with van der Waals surface area (Å²) in [4.78, 5) is 25.3. The van der Waals surface area contributed by atoms with Gasteiger partial charge in [0.15, 0.2) is 0 Å². The second-order valence-electron chi connectivity index (χ2n) is 6.00. The molecule has 1 amide bonds. The Kier molecular flexibility index (Phi) is 5.35. The predicted molar refractivity (Wildman–Crippen MR) is 71.6 cm³/mol. The van der Waals surface area contributed by atoms with Crippen LogP contribution < -0.4 is 0 Å². The van der Waals surface area contributed by atoms with Gasteiger partial charge in [0.2, 0.25) is 5.91 Å². The Bertz CT molecular complexity index is 335. The molecule has 1 aliphatic rings. The maximum atomic E-state index is 12.5. The summed E-state index contributed by atoms with van der Waals surface area (Å²) >= 11 is 0. The Morgan fingerprint density at radius 3 is 2.16 bits per heavy atom. The average Bonchev–Trinajstić information content (AvgIpc) is 2.34. The molecule has 0 heterocycles. The summed E-state index contributed by atoms with van der Waals surface area (Å²) in [5.74, 6) is -2.01. The molecule has 2 atom stereocenters. The highest BCUT2D eigenvalue weighted by molar-refractivity contribution is 5.85. The number of amides is 1. The monoisotopic (exact) mass is 271 g/mol. The van der Waals surface area contributed by atoms with Gasteiger partial charge in [-0.05, 0) is 33.6 Å². The standard InChI is InChI=1S/C14H25NO4/c1-4-15(9-14(2,3)19)12(16)10-7-5-6-8-11(10)13(17)18/h10-11,19H,4-9H2,1-3H3,(H,17,18). The first-order valence-corrected chi connectivity index (χ1v) is 7.00. The van der Waals surface area contributed by atoms with Gasteiger partial charge >= 0.3 is 5.97 Å². The summed E-state index contributed by atoms with van der Waals surface area (Å²) < 4.78 is 0. The van der Waals surface area contributed by atoms with Gasteiger partial charge in [-0.25, -0.2) is 0 Å². The molecule has 0 bridgehead atoms. The fourth-order valence-electron chi connectivity index (χ4n) is 2.77. The first-order chi connectivity index (χ1) is 8.76. The van der Waals surface area contributed by atoms with Gasteiger partial charge in [0, 0.05) is 13.1 Å². The average molecular weight is 271 g/mol. The minimum Gasteiger partial charge on any atom is -0.481 e. The number of rotatable bonds is 5. The molecule has 0 aliphatic heterocycles. The van der Waals surface area contributed by atoms with Crippen molar-refractivity contribution in [1.29, 1.82) is 0 Å². The lowest BCUT2D eigenvalue weighted by atomic mass is 9.78. The van der Waals surface area contributed by atoms with Gasteiger partial charge < -0.3 is 15.1 Å². The van der Waals surface area contributed by atoms with Crippen LogP contribution in [0.5, 0.6) is 0 Å². The van der Waals surface area contributed by atoms with E-state index < -0.39 is 23.4 Å². The fraction of sp³-hybridized carbons (Fsp3) is 0.857. The Morgan fingerprint density at radius 1 is 1.21 bits per heavy atom. The minimum absolute atomic E-state index is 0.128. The molecule has 0 saturated heterocycles. The van der Waals surface area contributed by atoms with Crippen molar-refractivity contribution in [2.75, 3.05) is 13.1 Å². The van der Waals surface area contributed by atoms with Gasteiger partial charge in [0.25, 0.3) is 0 Å². The highest BCUT2D eigenvalue weighted by atomic mass is 16.4. The van der Waals surface area contributed by atoms with Gasteiger partial charge in [0.05, 0.1) is 17.4 Å². The molecule has 19 heavy (non-hydrogen) atoms. The Labute approximate surface area is 114 Å². The Morgan fingerprint density at radius 2 is 1.74 bits per heavy atom. The van der Waals surface area contributed by atoms with Crippen LogP contribution in [0.4, 0.5) is 0 Å². The van der Waals surface area contributed by atoms with E-state index in [0.717, 1.165) is 12.8 Å². The van der Waals surface area contributed by atoms with Crippen molar-refractivity contribution < 1.29 is 19.8 Å². The zero-order chi connectivity index (χ0) is 14.6. The quantitative estimate of drug-likeness (QED) is 0.794. The molecule has 0 radical (unpaired) electrons. The Balaban J connectivity index is 2.79. The van der Waals surface area contributed by atoms with E-state index in [1.54, 1.807) is 18.7 Å². The molecule has 0 aromatic rings. The second-order valence-corrected chi connectivity index (χ2v) is 6.00. The van der Waals surface area contributed by atoms with Gasteiger partial charge in [-0.3, -0.25) is 9.59 Å². The van der Waals surface area contributed by atoms with Crippen LogP contribution in [0.15, 0.2) is 0 Å². The SMILES string of the molecule is CCN(CC(C)(C)O)C(=O)C1CCCCC1C(=O)O. The van der Waals surface area contributed by atoms with Crippen molar-refractivity contribution in [3.63, 3.8) is 0 Å². The molecule has 1 saturated carbocycles. The zero-order valence-corrected chi connectivity index (χ0v) is 12.1. The van der Waals surface area contributed by atoms with Crippen molar-refractivity contribution >= 4 is 11.9 Å². The van der Waals surface area contributed by atoms with E-state index in [2.05, 4.69) is 0 Å². The van der Waals surface area contributed by atoms with Crippen molar-refractivity contribution in [2.45, 2.75) is 52.1 Å². The topological polar surface area (TPSA) is 77.8 Å². The molecule has 1 aliphatic carbocycles. The number of carbonyl (C=O) groups excluding carboxylic acids is 1. The molecule has 2 N–H and O–H groups in total. The number of aliphatic carboxylic acids is 1. The predicted octanol–water partition coefficient (Wildman–Crippen LogP) is 1.50. The lowest BCUT2D eigenvalue weighted by Crippen LogP contribution is -2.47. The second kappa shape index (κ2) is 6.37. The lowest BCUT2D eigenvalue weighted by molar-refractivity contribution is -0.153. The van der Waals surface area contributed by atoms with Gasteiger partial charge in [0.1, 0.15) is 0 Å². The first-order valence-electron chi connectivity index (χ1n) is 7.00. The molecular formula is C14H25NO4. The highest BCUT2D eigenvalue weighted by Crippen LogP contribution is 2.32. The highest BCUT2D eigenvalue weighted by Gasteiger charge is 2.38. The zero-order valence-electron chi connectivity index (χ0n) is 12.1. The van der Waals surface area contributed by atoms with E-state index in [1.165, 1.54) is 0 Å². The minimum atomic E-state index is -0.959. The van der Waals surface area contributed by atoms with Crippen molar-refractivity contribution in [2.24, 2.45) is 11.8 Å².